The standard InChI is InChI=1S/C12H19N3O/c1-16-12(5-2-6-12)8-15-9-3-4-10(13)11(14)7-9/h3-4,7,15H,2,5-6,8,13-14H2,1H3. The van der Waals surface area contributed by atoms with Gasteiger partial charge in [-0.05, 0) is 37.5 Å². The lowest BCUT2D eigenvalue weighted by molar-refractivity contribution is -0.0601. The normalized spacial score (nSPS) is 17.8. The smallest absolute Gasteiger partial charge is 0.0850 e. The Hall–Kier alpha value is -1.42. The zero-order valence-electron chi connectivity index (χ0n) is 9.62. The molecular weight excluding hydrogens is 202 g/mol. The molecule has 2 rings (SSSR count). The minimum absolute atomic E-state index is 0.0240. The minimum atomic E-state index is 0.0240. The van der Waals surface area contributed by atoms with Gasteiger partial charge < -0.3 is 21.5 Å². The largest absolute Gasteiger partial charge is 0.397 e. The van der Waals surface area contributed by atoms with E-state index in [9.17, 15) is 0 Å². The number of methoxy groups -OCH3 is 1. The maximum absolute atomic E-state index is 5.74. The topological polar surface area (TPSA) is 73.3 Å². The van der Waals surface area contributed by atoms with Gasteiger partial charge in [0.05, 0.1) is 17.0 Å². The number of benzene rings is 1. The van der Waals surface area contributed by atoms with Crippen LogP contribution in [0.3, 0.4) is 0 Å². The third kappa shape index (κ3) is 2.07. The van der Waals surface area contributed by atoms with Gasteiger partial charge in [-0.2, -0.15) is 0 Å². The van der Waals surface area contributed by atoms with Gasteiger partial charge in [-0.15, -0.1) is 0 Å². The van der Waals surface area contributed by atoms with Gasteiger partial charge in [0.25, 0.3) is 0 Å². The Bertz CT molecular complexity index is 369. The first-order valence-corrected chi connectivity index (χ1v) is 5.59. The minimum Gasteiger partial charge on any atom is -0.397 e. The number of nitrogens with two attached hydrogens (primary N) is 2. The van der Waals surface area contributed by atoms with Gasteiger partial charge in [-0.3, -0.25) is 0 Å². The van der Waals surface area contributed by atoms with Gasteiger partial charge in [0.2, 0.25) is 0 Å². The van der Waals surface area contributed by atoms with E-state index in [0.717, 1.165) is 25.1 Å². The number of anilines is 3. The Balaban J connectivity index is 1.96. The highest BCUT2D eigenvalue weighted by Gasteiger charge is 2.36. The van der Waals surface area contributed by atoms with Crippen molar-refractivity contribution in [3.8, 4) is 0 Å². The molecule has 0 heterocycles. The predicted molar refractivity (Wildman–Crippen MR) is 67.3 cm³/mol. The van der Waals surface area contributed by atoms with Crippen LogP contribution in [-0.4, -0.2) is 19.3 Å². The summed E-state index contributed by atoms with van der Waals surface area (Å²) in [6, 6.07) is 5.61. The molecule has 0 saturated heterocycles. The second kappa shape index (κ2) is 4.22. The van der Waals surface area contributed by atoms with E-state index < -0.39 is 0 Å². The van der Waals surface area contributed by atoms with E-state index in [-0.39, 0.29) is 5.60 Å². The van der Waals surface area contributed by atoms with Crippen LogP contribution < -0.4 is 16.8 Å². The molecule has 0 spiro atoms. The quantitative estimate of drug-likeness (QED) is 0.678. The summed E-state index contributed by atoms with van der Waals surface area (Å²) in [6.07, 6.45) is 3.50. The number of hydrogen-bond acceptors (Lipinski definition) is 4. The van der Waals surface area contributed by atoms with E-state index in [0.29, 0.717) is 11.4 Å². The third-order valence-electron chi connectivity index (χ3n) is 3.40. The highest BCUT2D eigenvalue weighted by Crippen LogP contribution is 2.35. The SMILES string of the molecule is COC1(CNc2ccc(N)c(N)c2)CCC1. The molecule has 1 saturated carbocycles. The molecular formula is C12H19N3O. The molecule has 0 bridgehead atoms. The first-order chi connectivity index (χ1) is 7.65. The maximum atomic E-state index is 5.74. The van der Waals surface area contributed by atoms with E-state index in [1.54, 1.807) is 7.11 Å². The van der Waals surface area contributed by atoms with Crippen LogP contribution in [0.25, 0.3) is 0 Å². The number of rotatable bonds is 4. The summed E-state index contributed by atoms with van der Waals surface area (Å²) in [4.78, 5) is 0. The van der Waals surface area contributed by atoms with Crippen molar-refractivity contribution in [2.24, 2.45) is 0 Å². The molecule has 0 aromatic heterocycles. The molecule has 1 aromatic rings. The van der Waals surface area contributed by atoms with Crippen molar-refractivity contribution in [3.63, 3.8) is 0 Å². The van der Waals surface area contributed by atoms with Gasteiger partial charge >= 0.3 is 0 Å². The molecule has 0 aliphatic heterocycles. The van der Waals surface area contributed by atoms with E-state index in [4.69, 9.17) is 16.2 Å². The second-order valence-electron chi connectivity index (χ2n) is 4.44. The summed E-state index contributed by atoms with van der Waals surface area (Å²) in [6.45, 7) is 0.826. The van der Waals surface area contributed by atoms with E-state index in [1.165, 1.54) is 6.42 Å². The number of hydrogen-bond donors (Lipinski definition) is 3. The number of ether oxygens (including phenoxy) is 1. The van der Waals surface area contributed by atoms with Crippen LogP contribution in [0.5, 0.6) is 0 Å². The molecule has 88 valence electrons. The van der Waals surface area contributed by atoms with Crippen molar-refractivity contribution in [1.29, 1.82) is 0 Å². The highest BCUT2D eigenvalue weighted by atomic mass is 16.5. The zero-order chi connectivity index (χ0) is 11.6. The summed E-state index contributed by atoms with van der Waals surface area (Å²) in [5, 5.41) is 3.35. The summed E-state index contributed by atoms with van der Waals surface area (Å²) >= 11 is 0. The van der Waals surface area contributed by atoms with Crippen LogP contribution in [0, 0.1) is 0 Å². The van der Waals surface area contributed by atoms with Crippen molar-refractivity contribution in [2.45, 2.75) is 24.9 Å². The van der Waals surface area contributed by atoms with Crippen molar-refractivity contribution >= 4 is 17.1 Å². The summed E-state index contributed by atoms with van der Waals surface area (Å²) in [5.41, 5.74) is 13.7. The number of nitrogen functional groups attached to an aromatic ring is 2. The first kappa shape index (κ1) is 11.1. The fourth-order valence-corrected chi connectivity index (χ4v) is 1.97. The van der Waals surface area contributed by atoms with E-state index in [1.807, 2.05) is 18.2 Å². The Morgan fingerprint density at radius 2 is 2.06 bits per heavy atom. The van der Waals surface area contributed by atoms with Crippen molar-refractivity contribution in [3.05, 3.63) is 18.2 Å². The molecule has 1 aliphatic carbocycles. The molecule has 1 aliphatic rings. The average Bonchev–Trinajstić information content (AvgIpc) is 2.22. The maximum Gasteiger partial charge on any atom is 0.0850 e. The van der Waals surface area contributed by atoms with Crippen molar-refractivity contribution < 1.29 is 4.74 Å². The average molecular weight is 221 g/mol. The number of nitrogens with one attached hydrogen (secondary N) is 1. The van der Waals surface area contributed by atoms with Crippen molar-refractivity contribution in [2.75, 3.05) is 30.4 Å². The first-order valence-electron chi connectivity index (χ1n) is 5.59. The van der Waals surface area contributed by atoms with Crippen LogP contribution in [0.1, 0.15) is 19.3 Å². The summed E-state index contributed by atoms with van der Waals surface area (Å²) < 4.78 is 5.53. The molecule has 1 aromatic carbocycles. The lowest BCUT2D eigenvalue weighted by Gasteiger charge is -2.40. The van der Waals surface area contributed by atoms with Gasteiger partial charge in [0.15, 0.2) is 0 Å². The predicted octanol–water partition coefficient (Wildman–Crippen LogP) is 1.83. The summed E-state index contributed by atoms with van der Waals surface area (Å²) in [5.74, 6) is 0. The molecule has 4 heteroatoms. The molecule has 4 nitrogen and oxygen atoms in total. The lowest BCUT2D eigenvalue weighted by atomic mass is 9.80. The Morgan fingerprint density at radius 3 is 2.56 bits per heavy atom. The lowest BCUT2D eigenvalue weighted by Crippen LogP contribution is -2.45. The Morgan fingerprint density at radius 1 is 1.31 bits per heavy atom. The van der Waals surface area contributed by atoms with Gasteiger partial charge in [0, 0.05) is 19.3 Å². The van der Waals surface area contributed by atoms with Crippen LogP contribution in [-0.2, 0) is 4.74 Å². The monoisotopic (exact) mass is 221 g/mol. The fraction of sp³-hybridized carbons (Fsp3) is 0.500. The molecule has 0 radical (unpaired) electrons. The van der Waals surface area contributed by atoms with Crippen LogP contribution in [0.4, 0.5) is 17.1 Å². The zero-order valence-corrected chi connectivity index (χ0v) is 9.62. The second-order valence-corrected chi connectivity index (χ2v) is 4.44. The molecule has 0 unspecified atom stereocenters. The molecule has 0 amide bonds. The summed E-state index contributed by atoms with van der Waals surface area (Å²) in [7, 11) is 1.78. The third-order valence-corrected chi connectivity index (χ3v) is 3.40. The van der Waals surface area contributed by atoms with Crippen LogP contribution in [0.2, 0.25) is 0 Å². The Kier molecular flexibility index (Phi) is 2.92. The molecule has 0 atom stereocenters. The van der Waals surface area contributed by atoms with Gasteiger partial charge in [0.1, 0.15) is 0 Å². The van der Waals surface area contributed by atoms with Crippen LogP contribution >= 0.6 is 0 Å². The van der Waals surface area contributed by atoms with Crippen LogP contribution in [0.15, 0.2) is 18.2 Å². The molecule has 16 heavy (non-hydrogen) atoms. The van der Waals surface area contributed by atoms with E-state index in [2.05, 4.69) is 5.32 Å². The van der Waals surface area contributed by atoms with Gasteiger partial charge in [-0.25, -0.2) is 0 Å². The highest BCUT2D eigenvalue weighted by molar-refractivity contribution is 5.69. The van der Waals surface area contributed by atoms with Crippen molar-refractivity contribution in [1.82, 2.24) is 0 Å². The Labute approximate surface area is 96.0 Å². The molecule has 5 N–H and O–H groups in total. The van der Waals surface area contributed by atoms with E-state index >= 15 is 0 Å². The fourth-order valence-electron chi connectivity index (χ4n) is 1.97. The molecule has 1 fully saturated rings. The van der Waals surface area contributed by atoms with Gasteiger partial charge in [-0.1, -0.05) is 0 Å².